The van der Waals surface area contributed by atoms with E-state index in [0.717, 1.165) is 22.5 Å². The number of pyridine rings is 1. The van der Waals surface area contributed by atoms with E-state index in [-0.39, 0.29) is 24.6 Å². The maximum Gasteiger partial charge on any atom is 0.337 e. The summed E-state index contributed by atoms with van der Waals surface area (Å²) in [5.74, 6) is 0.708. The predicted molar refractivity (Wildman–Crippen MR) is 155 cm³/mol. The number of amides is 1. The van der Waals surface area contributed by atoms with Crippen molar-refractivity contribution >= 4 is 40.6 Å². The number of anilines is 2. The molecule has 3 heterocycles. The molecule has 40 heavy (non-hydrogen) atoms. The lowest BCUT2D eigenvalue weighted by molar-refractivity contribution is -0.119. The Bertz CT molecular complexity index is 1540. The van der Waals surface area contributed by atoms with E-state index < -0.39 is 5.97 Å². The second-order valence-corrected chi connectivity index (χ2v) is 9.63. The molecule has 2 atom stereocenters. The number of ether oxygens (including phenoxy) is 2. The number of hydrogen-bond acceptors (Lipinski definition) is 7. The van der Waals surface area contributed by atoms with Gasteiger partial charge in [0.15, 0.2) is 5.11 Å². The molecule has 1 fully saturated rings. The van der Waals surface area contributed by atoms with Crippen molar-refractivity contribution < 1.29 is 23.5 Å². The van der Waals surface area contributed by atoms with Crippen LogP contribution in [0, 0.1) is 6.92 Å². The molecule has 0 unspecified atom stereocenters. The van der Waals surface area contributed by atoms with Crippen molar-refractivity contribution in [1.82, 2.24) is 10.3 Å². The molecule has 9 nitrogen and oxygen atoms in total. The van der Waals surface area contributed by atoms with Gasteiger partial charge in [-0.25, -0.2) is 4.79 Å². The van der Waals surface area contributed by atoms with E-state index in [1.54, 1.807) is 18.3 Å². The first-order chi connectivity index (χ1) is 19.4. The summed E-state index contributed by atoms with van der Waals surface area (Å²) >= 11 is 5.82. The van der Waals surface area contributed by atoms with Crippen molar-refractivity contribution in [3.05, 3.63) is 102 Å². The van der Waals surface area contributed by atoms with Crippen LogP contribution < -0.4 is 15.5 Å². The minimum atomic E-state index is -0.398. The van der Waals surface area contributed by atoms with Gasteiger partial charge in [0.2, 0.25) is 5.91 Å². The van der Waals surface area contributed by atoms with Crippen molar-refractivity contribution in [2.24, 2.45) is 0 Å². The molecule has 10 heteroatoms. The fraction of sp³-hybridized carbons (Fsp3) is 0.200. The van der Waals surface area contributed by atoms with Gasteiger partial charge in [0.05, 0.1) is 24.4 Å². The third-order valence-corrected chi connectivity index (χ3v) is 6.96. The topological polar surface area (TPSA) is 106 Å². The van der Waals surface area contributed by atoms with Crippen molar-refractivity contribution in [3.63, 3.8) is 0 Å². The van der Waals surface area contributed by atoms with Gasteiger partial charge >= 0.3 is 5.97 Å². The van der Waals surface area contributed by atoms with Crippen molar-refractivity contribution in [1.29, 1.82) is 0 Å². The van der Waals surface area contributed by atoms with Gasteiger partial charge in [0.1, 0.15) is 24.2 Å². The van der Waals surface area contributed by atoms with Crippen LogP contribution in [-0.2, 0) is 14.3 Å². The highest BCUT2D eigenvalue weighted by Crippen LogP contribution is 2.43. The summed E-state index contributed by atoms with van der Waals surface area (Å²) < 4.78 is 16.1. The number of carbonyl (C=O) groups excluding carboxylic acids is 2. The number of esters is 1. The molecule has 2 aromatic heterocycles. The molecular weight excluding hydrogens is 528 g/mol. The molecule has 1 aliphatic heterocycles. The third-order valence-electron chi connectivity index (χ3n) is 6.64. The normalized spacial score (nSPS) is 16.5. The number of nitrogens with one attached hydrogen (secondary N) is 2. The second kappa shape index (κ2) is 11.7. The molecule has 0 spiro atoms. The van der Waals surface area contributed by atoms with E-state index in [1.807, 2.05) is 72.5 Å². The molecule has 1 saturated heterocycles. The largest absolute Gasteiger partial charge is 0.465 e. The minimum Gasteiger partial charge on any atom is -0.465 e. The summed E-state index contributed by atoms with van der Waals surface area (Å²) in [5.41, 5.74) is 4.50. The Morgan fingerprint density at radius 1 is 1.07 bits per heavy atom. The number of aryl methyl sites for hydroxylation is 1. The molecule has 1 amide bonds. The molecule has 0 aliphatic carbocycles. The molecular formula is C30H28N4O5S. The van der Waals surface area contributed by atoms with Crippen LogP contribution in [0.15, 0.2) is 83.4 Å². The van der Waals surface area contributed by atoms with Crippen LogP contribution >= 0.6 is 12.2 Å². The Morgan fingerprint density at radius 3 is 2.55 bits per heavy atom. The number of nitrogens with zero attached hydrogens (tertiary/aromatic N) is 2. The maximum atomic E-state index is 12.1. The van der Waals surface area contributed by atoms with Gasteiger partial charge in [-0.2, -0.15) is 0 Å². The van der Waals surface area contributed by atoms with E-state index in [0.29, 0.717) is 27.9 Å². The van der Waals surface area contributed by atoms with Crippen molar-refractivity contribution in [2.75, 3.05) is 31.0 Å². The summed E-state index contributed by atoms with van der Waals surface area (Å²) in [6, 6.07) is 21.7. The van der Waals surface area contributed by atoms with Gasteiger partial charge in [-0.05, 0) is 79.3 Å². The summed E-state index contributed by atoms with van der Waals surface area (Å²) in [7, 11) is 2.83. The molecule has 0 radical (unpaired) electrons. The SMILES string of the molecule is COCC(=O)Nc1ccc(N2C(=S)N[C@H](c3ccccn3)[C@H]2c2ccc(-c3ccc(C(=O)OC)cc3)o2)cc1C. The van der Waals surface area contributed by atoms with E-state index in [2.05, 4.69) is 15.6 Å². The first kappa shape index (κ1) is 27.0. The Morgan fingerprint density at radius 2 is 1.88 bits per heavy atom. The van der Waals surface area contributed by atoms with E-state index >= 15 is 0 Å². The Labute approximate surface area is 237 Å². The van der Waals surface area contributed by atoms with Gasteiger partial charge in [-0.15, -0.1) is 0 Å². The second-order valence-electron chi connectivity index (χ2n) is 9.25. The van der Waals surface area contributed by atoms with Crippen LogP contribution in [0.25, 0.3) is 11.3 Å². The van der Waals surface area contributed by atoms with E-state index in [9.17, 15) is 9.59 Å². The number of methoxy groups -OCH3 is 2. The number of furan rings is 1. The number of thiocarbonyl (C=S) groups is 1. The lowest BCUT2D eigenvalue weighted by atomic mass is 10.0. The fourth-order valence-corrected chi connectivity index (χ4v) is 5.08. The number of hydrogen-bond donors (Lipinski definition) is 2. The minimum absolute atomic E-state index is 0.0264. The van der Waals surface area contributed by atoms with Crippen LogP contribution in [0.4, 0.5) is 11.4 Å². The number of rotatable bonds is 8. The highest BCUT2D eigenvalue weighted by atomic mass is 32.1. The van der Waals surface area contributed by atoms with Crippen LogP contribution in [0.3, 0.4) is 0 Å². The van der Waals surface area contributed by atoms with Gasteiger partial charge in [0.25, 0.3) is 0 Å². The molecule has 204 valence electrons. The van der Waals surface area contributed by atoms with Gasteiger partial charge in [-0.3, -0.25) is 9.78 Å². The molecule has 5 rings (SSSR count). The highest BCUT2D eigenvalue weighted by molar-refractivity contribution is 7.80. The van der Waals surface area contributed by atoms with Crippen LogP contribution in [0.2, 0.25) is 0 Å². The van der Waals surface area contributed by atoms with E-state index in [1.165, 1.54) is 14.2 Å². The predicted octanol–water partition coefficient (Wildman–Crippen LogP) is 5.20. The Kier molecular flexibility index (Phi) is 7.90. The molecule has 2 N–H and O–H groups in total. The zero-order chi connectivity index (χ0) is 28.2. The summed E-state index contributed by atoms with van der Waals surface area (Å²) in [5, 5.41) is 6.81. The summed E-state index contributed by atoms with van der Waals surface area (Å²) in [6.07, 6.45) is 1.75. The zero-order valence-electron chi connectivity index (χ0n) is 22.2. The van der Waals surface area contributed by atoms with Gasteiger partial charge in [0, 0.05) is 30.2 Å². The van der Waals surface area contributed by atoms with Crippen LogP contribution in [-0.4, -0.2) is 42.8 Å². The summed E-state index contributed by atoms with van der Waals surface area (Å²) in [6.45, 7) is 1.90. The molecule has 0 saturated carbocycles. The molecule has 4 aromatic rings. The Hall–Kier alpha value is -4.54. The fourth-order valence-electron chi connectivity index (χ4n) is 4.73. The smallest absolute Gasteiger partial charge is 0.337 e. The maximum absolute atomic E-state index is 12.1. The Balaban J connectivity index is 1.51. The van der Waals surface area contributed by atoms with Gasteiger partial charge in [-0.1, -0.05) is 18.2 Å². The third kappa shape index (κ3) is 5.45. The van der Waals surface area contributed by atoms with Crippen LogP contribution in [0.1, 0.15) is 39.5 Å². The zero-order valence-corrected chi connectivity index (χ0v) is 23.0. The lowest BCUT2D eigenvalue weighted by Crippen LogP contribution is -2.29. The van der Waals surface area contributed by atoms with E-state index in [4.69, 9.17) is 26.1 Å². The summed E-state index contributed by atoms with van der Waals surface area (Å²) in [4.78, 5) is 30.5. The number of carbonyl (C=O) groups is 2. The number of aromatic nitrogens is 1. The van der Waals surface area contributed by atoms with Crippen molar-refractivity contribution in [2.45, 2.75) is 19.0 Å². The standard InChI is InChI=1S/C30H28N4O5S/c1-18-16-21(11-12-22(18)32-26(35)17-37-2)34-28(27(33-30(34)40)23-6-4-5-15-31-23)25-14-13-24(39-25)19-7-9-20(10-8-19)29(36)38-3/h4-16,27-28H,17H2,1-3H3,(H,32,35)(H,33,40)/t27-,28-/m1/s1. The van der Waals surface area contributed by atoms with Crippen molar-refractivity contribution in [3.8, 4) is 11.3 Å². The quantitative estimate of drug-likeness (QED) is 0.224. The monoisotopic (exact) mass is 556 g/mol. The first-order valence-electron chi connectivity index (χ1n) is 12.6. The highest BCUT2D eigenvalue weighted by Gasteiger charge is 2.42. The number of benzene rings is 2. The van der Waals surface area contributed by atoms with Gasteiger partial charge < -0.3 is 29.4 Å². The lowest BCUT2D eigenvalue weighted by Gasteiger charge is -2.26. The molecule has 1 aliphatic rings. The van der Waals surface area contributed by atoms with Crippen LogP contribution in [0.5, 0.6) is 0 Å². The average molecular weight is 557 g/mol. The molecule has 0 bridgehead atoms. The molecule has 2 aromatic carbocycles. The average Bonchev–Trinajstić information content (AvgIpc) is 3.59. The first-order valence-corrected chi connectivity index (χ1v) is 13.0.